The number of hydrogen-bond acceptors (Lipinski definition) is 2. The lowest BCUT2D eigenvalue weighted by Gasteiger charge is -2.18. The van der Waals surface area contributed by atoms with Crippen LogP contribution >= 0.6 is 0 Å². The molecule has 0 radical (unpaired) electrons. The summed E-state index contributed by atoms with van der Waals surface area (Å²) in [5.74, 6) is 1.81. The van der Waals surface area contributed by atoms with E-state index < -0.39 is 0 Å². The van der Waals surface area contributed by atoms with Gasteiger partial charge in [-0.05, 0) is 38.8 Å². The van der Waals surface area contributed by atoms with Crippen LogP contribution in [0.1, 0.15) is 39.5 Å². The van der Waals surface area contributed by atoms with Crippen molar-refractivity contribution in [2.75, 3.05) is 13.1 Å². The highest BCUT2D eigenvalue weighted by Crippen LogP contribution is 2.17. The predicted octanol–water partition coefficient (Wildman–Crippen LogP) is 2.95. The van der Waals surface area contributed by atoms with Crippen LogP contribution in [-0.2, 0) is 0 Å². The molecule has 1 saturated carbocycles. The van der Waals surface area contributed by atoms with E-state index in [2.05, 4.69) is 29.5 Å². The Morgan fingerprint density at radius 2 is 2.00 bits per heavy atom. The first-order chi connectivity index (χ1) is 10.3. The number of ether oxygens (including phenoxy) is 1. The fourth-order valence-corrected chi connectivity index (χ4v) is 2.57. The van der Waals surface area contributed by atoms with Crippen molar-refractivity contribution in [3.8, 4) is 5.75 Å². The average molecular weight is 289 g/mol. The van der Waals surface area contributed by atoms with Crippen LogP contribution in [-0.4, -0.2) is 31.2 Å². The van der Waals surface area contributed by atoms with Crippen molar-refractivity contribution in [2.45, 2.75) is 51.7 Å². The summed E-state index contributed by atoms with van der Waals surface area (Å²) in [7, 11) is 0. The third-order valence-electron chi connectivity index (χ3n) is 3.63. The fraction of sp³-hybridized carbons (Fsp3) is 0.588. The van der Waals surface area contributed by atoms with Crippen LogP contribution in [0.4, 0.5) is 0 Å². The molecule has 0 aromatic heterocycles. The molecule has 1 aromatic rings. The monoisotopic (exact) mass is 289 g/mol. The largest absolute Gasteiger partial charge is 0.489 e. The van der Waals surface area contributed by atoms with E-state index in [9.17, 15) is 0 Å². The summed E-state index contributed by atoms with van der Waals surface area (Å²) in [6, 6.07) is 10.5. The van der Waals surface area contributed by atoms with E-state index in [1.165, 1.54) is 25.7 Å². The van der Waals surface area contributed by atoms with Gasteiger partial charge in [-0.1, -0.05) is 31.0 Å². The van der Waals surface area contributed by atoms with Crippen LogP contribution in [0, 0.1) is 0 Å². The fourth-order valence-electron chi connectivity index (χ4n) is 2.57. The van der Waals surface area contributed by atoms with Gasteiger partial charge in [0.05, 0.1) is 6.54 Å². The van der Waals surface area contributed by atoms with Gasteiger partial charge in [0.25, 0.3) is 0 Å². The molecule has 1 aromatic carbocycles. The van der Waals surface area contributed by atoms with Crippen molar-refractivity contribution in [1.29, 1.82) is 0 Å². The maximum atomic E-state index is 5.85. The van der Waals surface area contributed by atoms with Crippen LogP contribution in [0.25, 0.3) is 0 Å². The number of rotatable bonds is 6. The second-order valence-electron chi connectivity index (χ2n) is 5.59. The average Bonchev–Trinajstić information content (AvgIpc) is 2.99. The lowest BCUT2D eigenvalue weighted by molar-refractivity contribution is 0.230. The van der Waals surface area contributed by atoms with Crippen molar-refractivity contribution < 1.29 is 4.74 Å². The second-order valence-corrected chi connectivity index (χ2v) is 5.59. The van der Waals surface area contributed by atoms with Gasteiger partial charge in [-0.2, -0.15) is 0 Å². The molecule has 0 bridgehead atoms. The van der Waals surface area contributed by atoms with Crippen molar-refractivity contribution in [1.82, 2.24) is 10.6 Å². The Kier molecular flexibility index (Phi) is 6.38. The molecule has 2 N–H and O–H groups in total. The Bertz CT molecular complexity index is 427. The number of nitrogens with one attached hydrogen (secondary N) is 2. The van der Waals surface area contributed by atoms with Gasteiger partial charge in [0.15, 0.2) is 5.96 Å². The van der Waals surface area contributed by atoms with E-state index in [0.29, 0.717) is 12.6 Å². The zero-order valence-corrected chi connectivity index (χ0v) is 13.1. The normalized spacial score (nSPS) is 17.5. The highest BCUT2D eigenvalue weighted by molar-refractivity contribution is 5.80. The highest BCUT2D eigenvalue weighted by atomic mass is 16.5. The number of hydrogen-bond donors (Lipinski definition) is 2. The van der Waals surface area contributed by atoms with E-state index in [4.69, 9.17) is 4.74 Å². The van der Waals surface area contributed by atoms with Crippen molar-refractivity contribution in [2.24, 2.45) is 4.99 Å². The standard InChI is InChI=1S/C17H27N3O/c1-3-18-17(20-15-9-7-8-10-15)19-13-14(2)21-16-11-5-4-6-12-16/h4-6,11-12,14-15H,3,7-10,13H2,1-2H3,(H2,18,19,20). The molecule has 1 aliphatic rings. The van der Waals surface area contributed by atoms with E-state index in [1.807, 2.05) is 30.3 Å². The zero-order valence-electron chi connectivity index (χ0n) is 13.1. The first kappa shape index (κ1) is 15.7. The molecule has 1 atom stereocenters. The summed E-state index contributed by atoms with van der Waals surface area (Å²) in [5, 5.41) is 6.83. The van der Waals surface area contributed by atoms with Gasteiger partial charge in [0.2, 0.25) is 0 Å². The Balaban J connectivity index is 1.82. The number of benzene rings is 1. The minimum atomic E-state index is 0.0615. The van der Waals surface area contributed by atoms with Gasteiger partial charge in [0.1, 0.15) is 11.9 Å². The molecule has 4 nitrogen and oxygen atoms in total. The maximum absolute atomic E-state index is 5.85. The van der Waals surface area contributed by atoms with Gasteiger partial charge >= 0.3 is 0 Å². The number of para-hydroxylation sites is 1. The van der Waals surface area contributed by atoms with E-state index in [1.54, 1.807) is 0 Å². The molecule has 1 aliphatic carbocycles. The molecule has 1 fully saturated rings. The van der Waals surface area contributed by atoms with Crippen LogP contribution in [0.5, 0.6) is 5.75 Å². The van der Waals surface area contributed by atoms with Crippen molar-refractivity contribution in [3.05, 3.63) is 30.3 Å². The Hall–Kier alpha value is -1.71. The Labute approximate surface area is 128 Å². The molecule has 0 aliphatic heterocycles. The second kappa shape index (κ2) is 8.55. The summed E-state index contributed by atoms with van der Waals surface area (Å²) in [5.41, 5.74) is 0. The predicted molar refractivity (Wildman–Crippen MR) is 87.9 cm³/mol. The van der Waals surface area contributed by atoms with E-state index in [0.717, 1.165) is 18.3 Å². The first-order valence-electron chi connectivity index (χ1n) is 8.04. The molecule has 21 heavy (non-hydrogen) atoms. The van der Waals surface area contributed by atoms with E-state index >= 15 is 0 Å². The molecule has 0 amide bonds. The maximum Gasteiger partial charge on any atom is 0.191 e. The van der Waals surface area contributed by atoms with E-state index in [-0.39, 0.29) is 6.10 Å². The van der Waals surface area contributed by atoms with Crippen LogP contribution in [0.15, 0.2) is 35.3 Å². The molecule has 0 heterocycles. The number of guanidine groups is 1. The quantitative estimate of drug-likeness (QED) is 0.625. The molecular weight excluding hydrogens is 262 g/mol. The Morgan fingerprint density at radius 3 is 2.67 bits per heavy atom. The smallest absolute Gasteiger partial charge is 0.191 e. The zero-order chi connectivity index (χ0) is 14.9. The number of nitrogens with zero attached hydrogens (tertiary/aromatic N) is 1. The van der Waals surface area contributed by atoms with Crippen molar-refractivity contribution in [3.63, 3.8) is 0 Å². The van der Waals surface area contributed by atoms with Crippen molar-refractivity contribution >= 4 is 5.96 Å². The van der Waals surface area contributed by atoms with Gasteiger partial charge in [-0.15, -0.1) is 0 Å². The molecule has 4 heteroatoms. The summed E-state index contributed by atoms with van der Waals surface area (Å²) in [6.07, 6.45) is 5.21. The minimum Gasteiger partial charge on any atom is -0.489 e. The summed E-state index contributed by atoms with van der Waals surface area (Å²) in [6.45, 7) is 5.68. The van der Waals surface area contributed by atoms with Crippen LogP contribution in [0.2, 0.25) is 0 Å². The van der Waals surface area contributed by atoms with Gasteiger partial charge in [-0.3, -0.25) is 0 Å². The van der Waals surface area contributed by atoms with Gasteiger partial charge < -0.3 is 15.4 Å². The van der Waals surface area contributed by atoms with Crippen LogP contribution in [0.3, 0.4) is 0 Å². The SMILES string of the molecule is CCNC(=NCC(C)Oc1ccccc1)NC1CCCC1. The molecule has 0 spiro atoms. The molecule has 2 rings (SSSR count). The third-order valence-corrected chi connectivity index (χ3v) is 3.63. The van der Waals surface area contributed by atoms with Gasteiger partial charge in [-0.25, -0.2) is 4.99 Å². The van der Waals surface area contributed by atoms with Gasteiger partial charge in [0, 0.05) is 12.6 Å². The lowest BCUT2D eigenvalue weighted by atomic mass is 10.2. The number of aliphatic imine (C=N–C) groups is 1. The molecular formula is C17H27N3O. The lowest BCUT2D eigenvalue weighted by Crippen LogP contribution is -2.42. The summed E-state index contributed by atoms with van der Waals surface area (Å²) in [4.78, 5) is 4.64. The molecule has 1 unspecified atom stereocenters. The Morgan fingerprint density at radius 1 is 1.29 bits per heavy atom. The van der Waals surface area contributed by atoms with Crippen LogP contribution < -0.4 is 15.4 Å². The minimum absolute atomic E-state index is 0.0615. The summed E-state index contributed by atoms with van der Waals surface area (Å²) >= 11 is 0. The topological polar surface area (TPSA) is 45.7 Å². The summed E-state index contributed by atoms with van der Waals surface area (Å²) < 4.78 is 5.85. The first-order valence-corrected chi connectivity index (χ1v) is 8.04. The molecule has 116 valence electrons. The third kappa shape index (κ3) is 5.66. The molecule has 0 saturated heterocycles. The highest BCUT2D eigenvalue weighted by Gasteiger charge is 2.16.